The first-order chi connectivity index (χ1) is 7.60. The number of hydrogen-bond acceptors (Lipinski definition) is 5. The number of rotatable bonds is 4. The topological polar surface area (TPSA) is 72.8 Å². The van der Waals surface area contributed by atoms with Crippen LogP contribution >= 0.6 is 0 Å². The minimum absolute atomic E-state index is 0.0979. The molecule has 16 heavy (non-hydrogen) atoms. The molecule has 0 atom stereocenters. The zero-order chi connectivity index (χ0) is 12.1. The highest BCUT2D eigenvalue weighted by Crippen LogP contribution is 2.23. The molecule has 0 heterocycles. The lowest BCUT2D eigenvalue weighted by molar-refractivity contribution is -0.137. The van der Waals surface area contributed by atoms with Crippen molar-refractivity contribution < 1.29 is 24.2 Å². The van der Waals surface area contributed by atoms with E-state index in [1.165, 1.54) is 25.3 Å². The van der Waals surface area contributed by atoms with Crippen molar-refractivity contribution in [1.82, 2.24) is 0 Å². The SMILES string of the molecule is CCOC(=O)C(=O)c1ccc(OC)cc1O. The van der Waals surface area contributed by atoms with Gasteiger partial charge in [-0.05, 0) is 19.1 Å². The molecule has 86 valence electrons. The van der Waals surface area contributed by atoms with Crippen molar-refractivity contribution in [3.63, 3.8) is 0 Å². The molecule has 0 spiro atoms. The normalized spacial score (nSPS) is 9.62. The highest BCUT2D eigenvalue weighted by molar-refractivity contribution is 6.41. The van der Waals surface area contributed by atoms with E-state index in [1.54, 1.807) is 6.92 Å². The fourth-order valence-electron chi connectivity index (χ4n) is 1.14. The van der Waals surface area contributed by atoms with Crippen molar-refractivity contribution in [1.29, 1.82) is 0 Å². The predicted octanol–water partition coefficient (Wildman–Crippen LogP) is 1.15. The Morgan fingerprint density at radius 3 is 2.56 bits per heavy atom. The van der Waals surface area contributed by atoms with Gasteiger partial charge in [0.15, 0.2) is 0 Å². The van der Waals surface area contributed by atoms with E-state index in [-0.39, 0.29) is 17.9 Å². The number of carbonyl (C=O) groups excluding carboxylic acids is 2. The molecule has 1 rings (SSSR count). The number of phenolic OH excluding ortho intramolecular Hbond substituents is 1. The number of ether oxygens (including phenoxy) is 2. The quantitative estimate of drug-likeness (QED) is 0.471. The van der Waals surface area contributed by atoms with Gasteiger partial charge < -0.3 is 14.6 Å². The predicted molar refractivity (Wildman–Crippen MR) is 55.6 cm³/mol. The first-order valence-electron chi connectivity index (χ1n) is 4.68. The lowest BCUT2D eigenvalue weighted by Gasteiger charge is -2.05. The third kappa shape index (κ3) is 2.50. The molecule has 0 saturated heterocycles. The van der Waals surface area contributed by atoms with Crippen LogP contribution in [0, 0.1) is 0 Å². The highest BCUT2D eigenvalue weighted by Gasteiger charge is 2.20. The second-order valence-corrected chi connectivity index (χ2v) is 2.93. The summed E-state index contributed by atoms with van der Waals surface area (Å²) in [6.45, 7) is 1.71. The average molecular weight is 224 g/mol. The van der Waals surface area contributed by atoms with E-state index < -0.39 is 11.8 Å². The van der Waals surface area contributed by atoms with Crippen LogP contribution in [0.1, 0.15) is 17.3 Å². The van der Waals surface area contributed by atoms with Crippen molar-refractivity contribution in [2.45, 2.75) is 6.92 Å². The molecule has 0 saturated carbocycles. The number of ketones is 1. The maximum atomic E-state index is 11.5. The molecule has 0 bridgehead atoms. The van der Waals surface area contributed by atoms with Gasteiger partial charge in [0.1, 0.15) is 11.5 Å². The molecular weight excluding hydrogens is 212 g/mol. The molecular formula is C11H12O5. The molecule has 5 nitrogen and oxygen atoms in total. The standard InChI is InChI=1S/C11H12O5/c1-3-16-11(14)10(13)8-5-4-7(15-2)6-9(8)12/h4-6,12H,3H2,1-2H3. The summed E-state index contributed by atoms with van der Waals surface area (Å²) < 4.78 is 9.39. The Hall–Kier alpha value is -2.04. The Morgan fingerprint density at radius 1 is 1.38 bits per heavy atom. The minimum Gasteiger partial charge on any atom is -0.507 e. The van der Waals surface area contributed by atoms with Gasteiger partial charge in [-0.15, -0.1) is 0 Å². The molecule has 0 radical (unpaired) electrons. The molecule has 0 unspecified atom stereocenters. The summed E-state index contributed by atoms with van der Waals surface area (Å²) in [6, 6.07) is 4.05. The third-order valence-electron chi connectivity index (χ3n) is 1.91. The van der Waals surface area contributed by atoms with Gasteiger partial charge >= 0.3 is 5.97 Å². The van der Waals surface area contributed by atoms with Crippen molar-refractivity contribution in [2.75, 3.05) is 13.7 Å². The molecule has 0 fully saturated rings. The van der Waals surface area contributed by atoms with Crippen molar-refractivity contribution in [3.05, 3.63) is 23.8 Å². The maximum absolute atomic E-state index is 11.5. The van der Waals surface area contributed by atoms with Crippen LogP contribution in [0.2, 0.25) is 0 Å². The van der Waals surface area contributed by atoms with Crippen LogP contribution in [0.4, 0.5) is 0 Å². The zero-order valence-corrected chi connectivity index (χ0v) is 9.02. The third-order valence-corrected chi connectivity index (χ3v) is 1.91. The fraction of sp³-hybridized carbons (Fsp3) is 0.273. The molecule has 0 aliphatic heterocycles. The summed E-state index contributed by atoms with van der Waals surface area (Å²) in [6.07, 6.45) is 0. The summed E-state index contributed by atoms with van der Waals surface area (Å²) in [4.78, 5) is 22.6. The highest BCUT2D eigenvalue weighted by atomic mass is 16.5. The Bertz CT molecular complexity index is 411. The van der Waals surface area contributed by atoms with Gasteiger partial charge in [-0.3, -0.25) is 4.79 Å². The van der Waals surface area contributed by atoms with Crippen LogP contribution in [0.25, 0.3) is 0 Å². The Kier molecular flexibility index (Phi) is 3.88. The summed E-state index contributed by atoms with van der Waals surface area (Å²) in [5.41, 5.74) is -0.0979. The molecule has 1 N–H and O–H groups in total. The first-order valence-corrected chi connectivity index (χ1v) is 4.68. The largest absolute Gasteiger partial charge is 0.507 e. The van der Waals surface area contributed by atoms with Gasteiger partial charge in [-0.1, -0.05) is 0 Å². The number of methoxy groups -OCH3 is 1. The molecule has 0 aromatic heterocycles. The number of carbonyl (C=O) groups is 2. The van der Waals surface area contributed by atoms with Crippen LogP contribution in [-0.4, -0.2) is 30.6 Å². The van der Waals surface area contributed by atoms with E-state index in [0.29, 0.717) is 5.75 Å². The Morgan fingerprint density at radius 2 is 2.06 bits per heavy atom. The van der Waals surface area contributed by atoms with E-state index in [0.717, 1.165) is 0 Å². The van der Waals surface area contributed by atoms with Gasteiger partial charge in [-0.25, -0.2) is 4.79 Å². The van der Waals surface area contributed by atoms with E-state index in [1.807, 2.05) is 0 Å². The van der Waals surface area contributed by atoms with Crippen molar-refractivity contribution in [3.8, 4) is 11.5 Å². The minimum atomic E-state index is -0.983. The van der Waals surface area contributed by atoms with Crippen LogP contribution in [0.15, 0.2) is 18.2 Å². The van der Waals surface area contributed by atoms with Crippen molar-refractivity contribution >= 4 is 11.8 Å². The van der Waals surface area contributed by atoms with Gasteiger partial charge in [0, 0.05) is 6.07 Å². The van der Waals surface area contributed by atoms with Crippen LogP contribution in [-0.2, 0) is 9.53 Å². The molecule has 0 aliphatic rings. The number of Topliss-reactive ketones (excluding diaryl/α,β-unsaturated/α-hetero) is 1. The summed E-state index contributed by atoms with van der Waals surface area (Å²) in [5, 5.41) is 9.50. The lowest BCUT2D eigenvalue weighted by atomic mass is 10.1. The van der Waals surface area contributed by atoms with Gasteiger partial charge in [0.05, 0.1) is 19.3 Å². The second-order valence-electron chi connectivity index (χ2n) is 2.93. The van der Waals surface area contributed by atoms with E-state index >= 15 is 0 Å². The number of esters is 1. The summed E-state index contributed by atoms with van der Waals surface area (Å²) in [5.74, 6) is -1.76. The Labute approximate surface area is 92.6 Å². The van der Waals surface area contributed by atoms with E-state index in [2.05, 4.69) is 4.74 Å². The average Bonchev–Trinajstić information content (AvgIpc) is 2.28. The maximum Gasteiger partial charge on any atom is 0.379 e. The van der Waals surface area contributed by atoms with Crippen LogP contribution in [0.3, 0.4) is 0 Å². The van der Waals surface area contributed by atoms with Crippen molar-refractivity contribution in [2.24, 2.45) is 0 Å². The number of benzene rings is 1. The molecule has 5 heteroatoms. The fourth-order valence-corrected chi connectivity index (χ4v) is 1.14. The van der Waals surface area contributed by atoms with E-state index in [4.69, 9.17) is 4.74 Å². The number of hydrogen-bond donors (Lipinski definition) is 1. The van der Waals surface area contributed by atoms with Gasteiger partial charge in [0.25, 0.3) is 5.78 Å². The second kappa shape index (κ2) is 5.16. The smallest absolute Gasteiger partial charge is 0.379 e. The molecule has 0 amide bonds. The summed E-state index contributed by atoms with van der Waals surface area (Å²) >= 11 is 0. The van der Waals surface area contributed by atoms with Crippen LogP contribution < -0.4 is 4.74 Å². The molecule has 0 aliphatic carbocycles. The molecule has 1 aromatic carbocycles. The number of phenols is 1. The zero-order valence-electron chi connectivity index (χ0n) is 9.02. The lowest BCUT2D eigenvalue weighted by Crippen LogP contribution is -2.17. The Balaban J connectivity index is 2.96. The van der Waals surface area contributed by atoms with Gasteiger partial charge in [0.2, 0.25) is 0 Å². The van der Waals surface area contributed by atoms with Crippen LogP contribution in [0.5, 0.6) is 11.5 Å². The van der Waals surface area contributed by atoms with Gasteiger partial charge in [-0.2, -0.15) is 0 Å². The molecule has 1 aromatic rings. The number of aromatic hydroxyl groups is 1. The van der Waals surface area contributed by atoms with E-state index in [9.17, 15) is 14.7 Å². The first kappa shape index (κ1) is 12.0. The monoisotopic (exact) mass is 224 g/mol. The summed E-state index contributed by atoms with van der Waals surface area (Å²) in [7, 11) is 1.43.